The molecule has 1 saturated heterocycles. The first-order valence-corrected chi connectivity index (χ1v) is 3.52. The normalized spacial score (nSPS) is 49.2. The summed E-state index contributed by atoms with van der Waals surface area (Å²) in [4.78, 5) is 0. The minimum absolute atomic E-state index is 0.581. The van der Waals surface area contributed by atoms with Crippen LogP contribution in [-0.2, 0) is 4.74 Å². The molecule has 0 bridgehead atoms. The van der Waals surface area contributed by atoms with E-state index in [1.54, 1.807) is 0 Å². The highest BCUT2D eigenvalue weighted by atomic mass is 18.2. The summed E-state index contributed by atoms with van der Waals surface area (Å²) in [5.74, 6) is 0. The second kappa shape index (κ2) is 3.63. The lowest BCUT2D eigenvalue weighted by Gasteiger charge is -2.36. The Balaban J connectivity index is 2.63. The Kier molecular flexibility index (Phi) is 2.97. The summed E-state index contributed by atoms with van der Waals surface area (Å²) in [7, 11) is 0. The van der Waals surface area contributed by atoms with Crippen LogP contribution in [0.5, 0.6) is 0 Å². The molecule has 5 nitrogen and oxygen atoms in total. The van der Waals surface area contributed by atoms with Crippen LogP contribution >= 0.6 is 0 Å². The molecule has 0 amide bonds. The molecular weight excluding hydrogens is 170 g/mol. The van der Waals surface area contributed by atoms with Gasteiger partial charge in [-0.15, -0.1) is 0 Å². The molecule has 1 heterocycles. The summed E-state index contributed by atoms with van der Waals surface area (Å²) >= 11 is 0. The second-order valence-electron chi connectivity index (χ2n) is 2.67. The van der Waals surface area contributed by atoms with E-state index in [2.05, 4.69) is 4.74 Å². The molecule has 1 aliphatic heterocycles. The standard InChI is InChI=1S/C6H11FO5/c7-3-5(10)4(9)2(1-8)12-6(3)11/h2-6,8-11H,1H2/t2?,3?,4-,5?,6-/m1/s1/i7-1. The van der Waals surface area contributed by atoms with Crippen molar-refractivity contribution in [2.24, 2.45) is 0 Å². The van der Waals surface area contributed by atoms with Gasteiger partial charge in [0.05, 0.1) is 6.61 Å². The van der Waals surface area contributed by atoms with E-state index in [1.807, 2.05) is 0 Å². The number of hydrogen-bond acceptors (Lipinski definition) is 5. The molecule has 72 valence electrons. The van der Waals surface area contributed by atoms with Crippen LogP contribution in [0, 0.1) is 0 Å². The Labute approximate surface area is 68.0 Å². The predicted octanol–water partition coefficient (Wildman–Crippen LogP) is -2.24. The second-order valence-corrected chi connectivity index (χ2v) is 2.67. The largest absolute Gasteiger partial charge is 0.394 e. The Morgan fingerprint density at radius 3 is 2.25 bits per heavy atom. The fourth-order valence-corrected chi connectivity index (χ4v) is 1.06. The zero-order valence-electron chi connectivity index (χ0n) is 6.17. The van der Waals surface area contributed by atoms with Crippen LogP contribution in [0.3, 0.4) is 0 Å². The van der Waals surface area contributed by atoms with Crippen molar-refractivity contribution < 1.29 is 29.6 Å². The van der Waals surface area contributed by atoms with E-state index in [1.165, 1.54) is 0 Å². The molecule has 1 rings (SSSR count). The number of aliphatic hydroxyl groups is 4. The average Bonchev–Trinajstić information content (AvgIpc) is 2.08. The summed E-state index contributed by atoms with van der Waals surface area (Å²) in [6.07, 6.45) is -8.19. The third-order valence-electron chi connectivity index (χ3n) is 1.82. The van der Waals surface area contributed by atoms with Crippen molar-refractivity contribution in [3.05, 3.63) is 0 Å². The van der Waals surface area contributed by atoms with E-state index < -0.39 is 37.4 Å². The molecule has 0 radical (unpaired) electrons. The molecule has 0 aromatic carbocycles. The van der Waals surface area contributed by atoms with Crippen molar-refractivity contribution in [2.75, 3.05) is 6.61 Å². The Morgan fingerprint density at radius 2 is 1.75 bits per heavy atom. The summed E-state index contributed by atoms with van der Waals surface area (Å²) in [5.41, 5.74) is 0. The van der Waals surface area contributed by atoms with E-state index in [9.17, 15) is 4.39 Å². The zero-order chi connectivity index (χ0) is 9.30. The smallest absolute Gasteiger partial charge is 0.189 e. The molecule has 0 aliphatic carbocycles. The quantitative estimate of drug-likeness (QED) is 0.367. The molecule has 5 atom stereocenters. The summed E-state index contributed by atoms with van der Waals surface area (Å²) in [6.45, 7) is -0.581. The van der Waals surface area contributed by atoms with Gasteiger partial charge in [0, 0.05) is 0 Å². The predicted molar refractivity (Wildman–Crippen MR) is 34.9 cm³/mol. The Morgan fingerprint density at radius 1 is 1.17 bits per heavy atom. The van der Waals surface area contributed by atoms with E-state index in [0.29, 0.717) is 0 Å². The Bertz CT molecular complexity index is 150. The van der Waals surface area contributed by atoms with Gasteiger partial charge >= 0.3 is 0 Å². The molecule has 4 N–H and O–H groups in total. The molecule has 6 heteroatoms. The van der Waals surface area contributed by atoms with Crippen molar-refractivity contribution in [2.45, 2.75) is 30.8 Å². The molecule has 1 aliphatic rings. The maximum absolute atomic E-state index is 12.7. The molecule has 12 heavy (non-hydrogen) atoms. The number of aliphatic hydroxyl groups excluding tert-OH is 4. The highest BCUT2D eigenvalue weighted by Crippen LogP contribution is 2.21. The van der Waals surface area contributed by atoms with Crippen molar-refractivity contribution in [3.8, 4) is 0 Å². The summed E-state index contributed by atoms with van der Waals surface area (Å²) in [5, 5.41) is 35.3. The van der Waals surface area contributed by atoms with E-state index in [0.717, 1.165) is 0 Å². The summed E-state index contributed by atoms with van der Waals surface area (Å²) < 4.78 is 17.1. The molecule has 0 saturated carbocycles. The van der Waals surface area contributed by atoms with Gasteiger partial charge in [-0.2, -0.15) is 0 Å². The van der Waals surface area contributed by atoms with Gasteiger partial charge < -0.3 is 25.2 Å². The number of alkyl halides is 1. The van der Waals surface area contributed by atoms with Crippen molar-refractivity contribution in [1.29, 1.82) is 0 Å². The topological polar surface area (TPSA) is 90.2 Å². The van der Waals surface area contributed by atoms with Crippen LogP contribution in [0.1, 0.15) is 0 Å². The van der Waals surface area contributed by atoms with Crippen molar-refractivity contribution >= 4 is 0 Å². The zero-order valence-corrected chi connectivity index (χ0v) is 6.17. The lowest BCUT2D eigenvalue weighted by atomic mass is 10.0. The van der Waals surface area contributed by atoms with Gasteiger partial charge in [-0.1, -0.05) is 0 Å². The SMILES string of the molecule is OCC1O[C@@H](O)C([18F])C(O)[C@@H]1O. The van der Waals surface area contributed by atoms with Gasteiger partial charge in [-0.3, -0.25) is 0 Å². The van der Waals surface area contributed by atoms with Crippen molar-refractivity contribution in [3.63, 3.8) is 0 Å². The van der Waals surface area contributed by atoms with Gasteiger partial charge in [-0.05, 0) is 0 Å². The lowest BCUT2D eigenvalue weighted by Crippen LogP contribution is -2.56. The average molecular weight is 181 g/mol. The maximum atomic E-state index is 12.7. The van der Waals surface area contributed by atoms with Gasteiger partial charge in [0.2, 0.25) is 0 Å². The van der Waals surface area contributed by atoms with Gasteiger partial charge in [0.1, 0.15) is 18.3 Å². The number of halogens is 1. The fourth-order valence-electron chi connectivity index (χ4n) is 1.06. The van der Waals surface area contributed by atoms with Crippen LogP contribution in [0.15, 0.2) is 0 Å². The minimum atomic E-state index is -2.04. The molecule has 3 unspecified atom stereocenters. The minimum Gasteiger partial charge on any atom is -0.394 e. The first kappa shape index (κ1) is 9.82. The van der Waals surface area contributed by atoms with Crippen LogP contribution in [0.2, 0.25) is 0 Å². The Hall–Kier alpha value is -0.270. The molecule has 1 fully saturated rings. The van der Waals surface area contributed by atoms with Crippen LogP contribution in [0.25, 0.3) is 0 Å². The maximum Gasteiger partial charge on any atom is 0.189 e. The fraction of sp³-hybridized carbons (Fsp3) is 1.00. The van der Waals surface area contributed by atoms with Gasteiger partial charge in [0.15, 0.2) is 12.5 Å². The number of hydrogen-bond donors (Lipinski definition) is 4. The first-order chi connectivity index (χ1) is 5.57. The molecule has 0 aromatic heterocycles. The highest BCUT2D eigenvalue weighted by molar-refractivity contribution is 4.88. The van der Waals surface area contributed by atoms with E-state index in [4.69, 9.17) is 20.4 Å². The van der Waals surface area contributed by atoms with Gasteiger partial charge in [-0.25, -0.2) is 4.39 Å². The number of rotatable bonds is 1. The first-order valence-electron chi connectivity index (χ1n) is 3.52. The lowest BCUT2D eigenvalue weighted by molar-refractivity contribution is -0.271. The summed E-state index contributed by atoms with van der Waals surface area (Å²) in [6, 6.07) is 0. The number of ether oxygens (including phenoxy) is 1. The van der Waals surface area contributed by atoms with Crippen LogP contribution < -0.4 is 0 Å². The van der Waals surface area contributed by atoms with Gasteiger partial charge in [0.25, 0.3) is 0 Å². The monoisotopic (exact) mass is 181 g/mol. The molecular formula is C6H11FO5. The highest BCUT2D eigenvalue weighted by Gasteiger charge is 2.43. The van der Waals surface area contributed by atoms with Crippen molar-refractivity contribution in [1.82, 2.24) is 0 Å². The van der Waals surface area contributed by atoms with E-state index >= 15 is 0 Å². The molecule has 0 spiro atoms. The van der Waals surface area contributed by atoms with E-state index in [-0.39, 0.29) is 0 Å². The van der Waals surface area contributed by atoms with Crippen LogP contribution in [-0.4, -0.2) is 57.8 Å². The third kappa shape index (κ3) is 1.57. The third-order valence-corrected chi connectivity index (χ3v) is 1.82. The van der Waals surface area contributed by atoms with Crippen LogP contribution in [0.4, 0.5) is 4.39 Å². The molecule has 0 aromatic rings.